The molecule has 1 fully saturated rings. The van der Waals surface area contributed by atoms with E-state index in [0.29, 0.717) is 6.04 Å². The van der Waals surface area contributed by atoms with Crippen LogP contribution in [-0.4, -0.2) is 43.7 Å². The van der Waals surface area contributed by atoms with Crippen molar-refractivity contribution in [2.24, 2.45) is 0 Å². The maximum Gasteiger partial charge on any atom is 0.123 e. The van der Waals surface area contributed by atoms with Crippen LogP contribution >= 0.6 is 0 Å². The van der Waals surface area contributed by atoms with Crippen LogP contribution in [0, 0.1) is 0 Å². The second kappa shape index (κ2) is 7.44. The number of rotatable bonds is 5. The zero-order chi connectivity index (χ0) is 16.1. The van der Waals surface area contributed by atoms with Crippen LogP contribution in [0.4, 0.5) is 0 Å². The summed E-state index contributed by atoms with van der Waals surface area (Å²) >= 11 is 0. The van der Waals surface area contributed by atoms with Gasteiger partial charge in [0.25, 0.3) is 0 Å². The molecule has 0 spiro atoms. The van der Waals surface area contributed by atoms with Crippen molar-refractivity contribution in [1.82, 2.24) is 15.2 Å². The summed E-state index contributed by atoms with van der Waals surface area (Å²) in [5.41, 5.74) is 2.38. The molecule has 5 heteroatoms. The van der Waals surface area contributed by atoms with Crippen molar-refractivity contribution in [1.29, 1.82) is 0 Å². The average molecular weight is 313 g/mol. The Labute approximate surface area is 137 Å². The fourth-order valence-electron chi connectivity index (χ4n) is 3.06. The molecule has 3 rings (SSSR count). The summed E-state index contributed by atoms with van der Waals surface area (Å²) in [5.74, 6) is 1.75. The number of piperazine rings is 1. The smallest absolute Gasteiger partial charge is 0.123 e. The van der Waals surface area contributed by atoms with Crippen molar-refractivity contribution in [3.63, 3.8) is 0 Å². The predicted molar refractivity (Wildman–Crippen MR) is 89.8 cm³/mol. The lowest BCUT2D eigenvalue weighted by Gasteiger charge is -2.36. The van der Waals surface area contributed by atoms with Crippen LogP contribution in [0.15, 0.2) is 42.7 Å². The number of benzene rings is 1. The van der Waals surface area contributed by atoms with E-state index in [4.69, 9.17) is 9.47 Å². The Kier molecular flexibility index (Phi) is 5.10. The molecule has 122 valence electrons. The predicted octanol–water partition coefficient (Wildman–Crippen LogP) is 2.25. The summed E-state index contributed by atoms with van der Waals surface area (Å²) in [6.45, 7) is 3.72. The van der Waals surface area contributed by atoms with Gasteiger partial charge in [-0.25, -0.2) is 0 Å². The molecule has 1 atom stereocenters. The van der Waals surface area contributed by atoms with Gasteiger partial charge in [0.05, 0.1) is 14.2 Å². The van der Waals surface area contributed by atoms with E-state index in [0.717, 1.165) is 43.2 Å². The number of pyridine rings is 1. The molecule has 23 heavy (non-hydrogen) atoms. The fraction of sp³-hybridized carbons (Fsp3) is 0.389. The average Bonchev–Trinajstić information content (AvgIpc) is 2.63. The SMILES string of the molecule is COc1ccc(OC)c(CN2CCNCC2c2cccnc2)c1. The van der Waals surface area contributed by atoms with Crippen molar-refractivity contribution in [3.05, 3.63) is 53.9 Å². The van der Waals surface area contributed by atoms with E-state index >= 15 is 0 Å². The highest BCUT2D eigenvalue weighted by atomic mass is 16.5. The fourth-order valence-corrected chi connectivity index (χ4v) is 3.06. The number of methoxy groups -OCH3 is 2. The van der Waals surface area contributed by atoms with Crippen LogP contribution in [0.3, 0.4) is 0 Å². The third-order valence-electron chi connectivity index (χ3n) is 4.28. The van der Waals surface area contributed by atoms with Crippen molar-refractivity contribution in [2.75, 3.05) is 33.9 Å². The Hall–Kier alpha value is -2.11. The number of nitrogens with zero attached hydrogens (tertiary/aromatic N) is 2. The Morgan fingerprint density at radius 1 is 1.26 bits per heavy atom. The van der Waals surface area contributed by atoms with E-state index in [9.17, 15) is 0 Å². The molecule has 1 aliphatic heterocycles. The molecule has 1 aromatic heterocycles. The molecular formula is C18H23N3O2. The molecule has 0 amide bonds. The molecule has 2 aromatic rings. The van der Waals surface area contributed by atoms with E-state index in [1.165, 1.54) is 5.56 Å². The Balaban J connectivity index is 1.85. The zero-order valence-corrected chi connectivity index (χ0v) is 13.7. The highest BCUT2D eigenvalue weighted by molar-refractivity contribution is 5.40. The van der Waals surface area contributed by atoms with E-state index in [-0.39, 0.29) is 0 Å². The van der Waals surface area contributed by atoms with Gasteiger partial charge in [0.1, 0.15) is 11.5 Å². The van der Waals surface area contributed by atoms with Crippen LogP contribution in [0.1, 0.15) is 17.2 Å². The molecule has 1 unspecified atom stereocenters. The molecule has 0 bridgehead atoms. The van der Waals surface area contributed by atoms with Crippen LogP contribution in [-0.2, 0) is 6.54 Å². The molecule has 0 aliphatic carbocycles. The van der Waals surface area contributed by atoms with Gasteiger partial charge >= 0.3 is 0 Å². The summed E-state index contributed by atoms with van der Waals surface area (Å²) in [6.07, 6.45) is 3.77. The molecular weight excluding hydrogens is 290 g/mol. The van der Waals surface area contributed by atoms with Crippen LogP contribution < -0.4 is 14.8 Å². The lowest BCUT2D eigenvalue weighted by atomic mass is 10.0. The third-order valence-corrected chi connectivity index (χ3v) is 4.28. The number of nitrogens with one attached hydrogen (secondary N) is 1. The van der Waals surface area contributed by atoms with E-state index < -0.39 is 0 Å². The molecule has 1 aromatic carbocycles. The van der Waals surface area contributed by atoms with Crippen LogP contribution in [0.25, 0.3) is 0 Å². The van der Waals surface area contributed by atoms with Gasteiger partial charge in [-0.15, -0.1) is 0 Å². The number of hydrogen-bond acceptors (Lipinski definition) is 5. The first kappa shape index (κ1) is 15.8. The first-order chi connectivity index (χ1) is 11.3. The quantitative estimate of drug-likeness (QED) is 0.917. The lowest BCUT2D eigenvalue weighted by molar-refractivity contribution is 0.152. The van der Waals surface area contributed by atoms with Crippen LogP contribution in [0.5, 0.6) is 11.5 Å². The number of aromatic nitrogens is 1. The van der Waals surface area contributed by atoms with Crippen LogP contribution in [0.2, 0.25) is 0 Å². The zero-order valence-electron chi connectivity index (χ0n) is 13.7. The van der Waals surface area contributed by atoms with Gasteiger partial charge in [-0.1, -0.05) is 6.07 Å². The van der Waals surface area contributed by atoms with Gasteiger partial charge in [-0.05, 0) is 29.8 Å². The van der Waals surface area contributed by atoms with E-state index in [2.05, 4.69) is 27.3 Å². The first-order valence-electron chi connectivity index (χ1n) is 7.87. The molecule has 1 aliphatic rings. The van der Waals surface area contributed by atoms with Gasteiger partial charge < -0.3 is 14.8 Å². The maximum absolute atomic E-state index is 5.52. The van der Waals surface area contributed by atoms with Gasteiger partial charge in [-0.2, -0.15) is 0 Å². The van der Waals surface area contributed by atoms with Gasteiger partial charge in [0, 0.05) is 50.2 Å². The monoisotopic (exact) mass is 313 g/mol. The van der Waals surface area contributed by atoms with Gasteiger partial charge in [0.2, 0.25) is 0 Å². The van der Waals surface area contributed by atoms with Gasteiger partial charge in [-0.3, -0.25) is 9.88 Å². The first-order valence-corrected chi connectivity index (χ1v) is 7.87. The highest BCUT2D eigenvalue weighted by Gasteiger charge is 2.25. The minimum absolute atomic E-state index is 0.313. The van der Waals surface area contributed by atoms with E-state index in [1.54, 1.807) is 14.2 Å². The highest BCUT2D eigenvalue weighted by Crippen LogP contribution is 2.29. The molecule has 0 radical (unpaired) electrons. The normalized spacial score (nSPS) is 18.6. The summed E-state index contributed by atoms with van der Waals surface area (Å²) in [6, 6.07) is 10.4. The molecule has 5 nitrogen and oxygen atoms in total. The second-order valence-electron chi connectivity index (χ2n) is 5.65. The summed E-state index contributed by atoms with van der Waals surface area (Å²) in [4.78, 5) is 6.73. The van der Waals surface area contributed by atoms with Crippen molar-refractivity contribution in [2.45, 2.75) is 12.6 Å². The van der Waals surface area contributed by atoms with Crippen molar-refractivity contribution >= 4 is 0 Å². The summed E-state index contributed by atoms with van der Waals surface area (Å²) in [7, 11) is 3.40. The standard InChI is InChI=1S/C18H23N3O2/c1-22-16-5-6-18(23-2)15(10-16)13-21-9-8-20-12-17(21)14-4-3-7-19-11-14/h3-7,10-11,17,20H,8-9,12-13H2,1-2H3. The number of ether oxygens (including phenoxy) is 2. The minimum Gasteiger partial charge on any atom is -0.497 e. The topological polar surface area (TPSA) is 46.6 Å². The number of hydrogen-bond donors (Lipinski definition) is 1. The maximum atomic E-state index is 5.52. The van der Waals surface area contributed by atoms with Gasteiger partial charge in [0.15, 0.2) is 0 Å². The molecule has 0 saturated carbocycles. The minimum atomic E-state index is 0.313. The molecule has 1 N–H and O–H groups in total. The molecule has 2 heterocycles. The second-order valence-corrected chi connectivity index (χ2v) is 5.65. The summed E-state index contributed by atoms with van der Waals surface area (Å²) < 4.78 is 10.9. The Bertz CT molecular complexity index is 633. The van der Waals surface area contributed by atoms with Crippen molar-refractivity contribution in [3.8, 4) is 11.5 Å². The third kappa shape index (κ3) is 3.63. The Morgan fingerprint density at radius 2 is 2.17 bits per heavy atom. The molecule has 1 saturated heterocycles. The largest absolute Gasteiger partial charge is 0.497 e. The Morgan fingerprint density at radius 3 is 2.91 bits per heavy atom. The van der Waals surface area contributed by atoms with E-state index in [1.807, 2.05) is 30.6 Å². The van der Waals surface area contributed by atoms with Crippen molar-refractivity contribution < 1.29 is 9.47 Å². The summed E-state index contributed by atoms with van der Waals surface area (Å²) in [5, 5.41) is 3.47. The lowest BCUT2D eigenvalue weighted by Crippen LogP contribution is -2.45.